The van der Waals surface area contributed by atoms with Gasteiger partial charge in [-0.15, -0.1) is 24.0 Å². The molecule has 0 amide bonds. The lowest BCUT2D eigenvalue weighted by Crippen LogP contribution is -2.56. The maximum absolute atomic E-state index is 13.0. The zero-order valence-corrected chi connectivity index (χ0v) is 19.7. The fraction of sp³-hybridized carbons (Fsp3) is 0.650. The molecule has 0 radical (unpaired) electrons. The molecule has 1 saturated heterocycles. The number of rotatable bonds is 4. The third kappa shape index (κ3) is 6.53. The molecule has 1 atom stereocenters. The number of hydrogen-bond acceptors (Lipinski definition) is 4. The van der Waals surface area contributed by atoms with E-state index in [9.17, 15) is 13.2 Å². The molecule has 0 bridgehead atoms. The number of nitrogens with one attached hydrogen (secondary N) is 1. The van der Waals surface area contributed by atoms with E-state index < -0.39 is 12.2 Å². The van der Waals surface area contributed by atoms with E-state index in [0.29, 0.717) is 52.5 Å². The quantitative estimate of drug-likeness (QED) is 0.359. The third-order valence-corrected chi connectivity index (χ3v) is 5.19. The van der Waals surface area contributed by atoms with E-state index in [4.69, 9.17) is 14.5 Å². The average Bonchev–Trinajstić information content (AvgIpc) is 2.95. The molecule has 2 heterocycles. The van der Waals surface area contributed by atoms with E-state index in [1.54, 1.807) is 0 Å². The second-order valence-corrected chi connectivity index (χ2v) is 7.24. The van der Waals surface area contributed by atoms with Crippen molar-refractivity contribution >= 4 is 29.9 Å². The molecule has 1 fully saturated rings. The predicted octanol–water partition coefficient (Wildman–Crippen LogP) is 3.50. The number of nitrogens with zero attached hydrogens (tertiary/aromatic N) is 3. The summed E-state index contributed by atoms with van der Waals surface area (Å²) in [6.07, 6.45) is -3.34. The van der Waals surface area contributed by atoms with Crippen LogP contribution in [0.15, 0.2) is 23.2 Å². The molecule has 0 aromatic heterocycles. The van der Waals surface area contributed by atoms with Gasteiger partial charge in [-0.2, -0.15) is 13.2 Å². The molecular weight excluding hydrogens is 512 g/mol. The second kappa shape index (κ2) is 11.3. The Balaban J connectivity index is 0.00000320. The number of fused-ring (bicyclic) bond motifs is 1. The highest BCUT2D eigenvalue weighted by molar-refractivity contribution is 14.0. The number of halogens is 4. The zero-order chi connectivity index (χ0) is 20.9. The molecule has 3 rings (SSSR count). The molecule has 170 valence electrons. The van der Waals surface area contributed by atoms with Gasteiger partial charge in [-0.25, -0.2) is 4.99 Å². The maximum atomic E-state index is 13.0. The van der Waals surface area contributed by atoms with Crippen molar-refractivity contribution in [1.29, 1.82) is 0 Å². The van der Waals surface area contributed by atoms with Gasteiger partial charge in [-0.3, -0.25) is 4.90 Å². The summed E-state index contributed by atoms with van der Waals surface area (Å²) in [5.41, 5.74) is 0.994. The largest absolute Gasteiger partial charge is 0.490 e. The molecule has 0 aliphatic carbocycles. The molecule has 1 aromatic rings. The van der Waals surface area contributed by atoms with Gasteiger partial charge in [0.15, 0.2) is 17.5 Å². The summed E-state index contributed by atoms with van der Waals surface area (Å²) in [4.78, 5) is 8.19. The van der Waals surface area contributed by atoms with Crippen LogP contribution >= 0.6 is 24.0 Å². The molecule has 2 aliphatic heterocycles. The molecular formula is C20H30F3IN4O2. The van der Waals surface area contributed by atoms with Gasteiger partial charge in [-0.1, -0.05) is 6.07 Å². The molecule has 1 N–H and O–H groups in total. The number of aliphatic imine (C=N–C) groups is 1. The zero-order valence-electron chi connectivity index (χ0n) is 17.4. The number of piperazine rings is 1. The van der Waals surface area contributed by atoms with E-state index in [1.165, 1.54) is 11.8 Å². The van der Waals surface area contributed by atoms with Crippen molar-refractivity contribution in [3.8, 4) is 11.5 Å². The monoisotopic (exact) mass is 542 g/mol. The summed E-state index contributed by atoms with van der Waals surface area (Å²) in [5.74, 6) is 2.20. The first kappa shape index (κ1) is 24.8. The molecule has 6 nitrogen and oxygen atoms in total. The molecule has 30 heavy (non-hydrogen) atoms. The van der Waals surface area contributed by atoms with Gasteiger partial charge < -0.3 is 19.7 Å². The smallest absolute Gasteiger partial charge is 0.403 e. The van der Waals surface area contributed by atoms with Crippen molar-refractivity contribution in [3.63, 3.8) is 0 Å². The topological polar surface area (TPSA) is 49.3 Å². The standard InChI is InChI=1S/C20H29F3N4O2.HI/c1-3-24-19(27-9-7-26(8-10-27)15(2)20(21,22)23)25-14-16-5-6-17-18(13-16)29-12-4-11-28-17;/h5-6,13,15H,3-4,7-12,14H2,1-2H3,(H,24,25);1H. The van der Waals surface area contributed by atoms with Crippen LogP contribution in [0.2, 0.25) is 0 Å². The lowest BCUT2D eigenvalue weighted by atomic mass is 10.2. The van der Waals surface area contributed by atoms with Crippen molar-refractivity contribution in [3.05, 3.63) is 23.8 Å². The summed E-state index contributed by atoms with van der Waals surface area (Å²) in [6.45, 7) is 7.35. The van der Waals surface area contributed by atoms with Gasteiger partial charge in [0.05, 0.1) is 19.8 Å². The Bertz CT molecular complexity index is 710. The number of ether oxygens (including phenoxy) is 2. The first-order chi connectivity index (χ1) is 13.9. The summed E-state index contributed by atoms with van der Waals surface area (Å²) in [6, 6.07) is 4.38. The van der Waals surface area contributed by atoms with Crippen LogP contribution in [0.4, 0.5) is 13.2 Å². The summed E-state index contributed by atoms with van der Waals surface area (Å²) < 4.78 is 50.2. The molecule has 1 aromatic carbocycles. The molecule has 10 heteroatoms. The number of alkyl halides is 3. The first-order valence-corrected chi connectivity index (χ1v) is 10.1. The van der Waals surface area contributed by atoms with Crippen LogP contribution in [-0.2, 0) is 6.54 Å². The highest BCUT2D eigenvalue weighted by atomic mass is 127. The van der Waals surface area contributed by atoms with Crippen molar-refractivity contribution in [2.24, 2.45) is 4.99 Å². The Kier molecular flexibility index (Phi) is 9.32. The second-order valence-electron chi connectivity index (χ2n) is 7.24. The third-order valence-electron chi connectivity index (χ3n) is 5.19. The fourth-order valence-electron chi connectivity index (χ4n) is 3.43. The van der Waals surface area contributed by atoms with Crippen molar-refractivity contribution in [2.75, 3.05) is 45.9 Å². The SMILES string of the molecule is CCNC(=NCc1ccc2c(c1)OCCCO2)N1CCN(C(C)C(F)(F)F)CC1.I. The highest BCUT2D eigenvalue weighted by Crippen LogP contribution is 2.30. The normalized spacial score (nSPS) is 19.0. The van der Waals surface area contributed by atoms with E-state index in [1.807, 2.05) is 30.0 Å². The van der Waals surface area contributed by atoms with Crippen molar-refractivity contribution in [2.45, 2.75) is 39.0 Å². The fourth-order valence-corrected chi connectivity index (χ4v) is 3.43. The van der Waals surface area contributed by atoms with Crippen LogP contribution < -0.4 is 14.8 Å². The van der Waals surface area contributed by atoms with E-state index >= 15 is 0 Å². The van der Waals surface area contributed by atoms with Gasteiger partial charge in [0.25, 0.3) is 0 Å². The average molecular weight is 542 g/mol. The Morgan fingerprint density at radius 2 is 1.80 bits per heavy atom. The van der Waals surface area contributed by atoms with E-state index in [-0.39, 0.29) is 24.0 Å². The van der Waals surface area contributed by atoms with Crippen LogP contribution in [0.3, 0.4) is 0 Å². The maximum Gasteiger partial charge on any atom is 0.403 e. The Hall–Kier alpha value is -1.43. The minimum atomic E-state index is -4.20. The van der Waals surface area contributed by atoms with Gasteiger partial charge in [-0.05, 0) is 31.5 Å². The highest BCUT2D eigenvalue weighted by Gasteiger charge is 2.41. The van der Waals surface area contributed by atoms with Crippen LogP contribution in [0.1, 0.15) is 25.8 Å². The van der Waals surface area contributed by atoms with Gasteiger partial charge in [0.1, 0.15) is 6.04 Å². The Morgan fingerprint density at radius 1 is 1.13 bits per heavy atom. The molecule has 0 saturated carbocycles. The van der Waals surface area contributed by atoms with E-state index in [0.717, 1.165) is 29.4 Å². The minimum absolute atomic E-state index is 0. The number of hydrogen-bond donors (Lipinski definition) is 1. The van der Waals surface area contributed by atoms with Crippen LogP contribution in [0.25, 0.3) is 0 Å². The van der Waals surface area contributed by atoms with E-state index in [2.05, 4.69) is 5.32 Å². The number of benzene rings is 1. The molecule has 0 spiro atoms. The summed E-state index contributed by atoms with van der Waals surface area (Å²) in [7, 11) is 0. The predicted molar refractivity (Wildman–Crippen MR) is 121 cm³/mol. The van der Waals surface area contributed by atoms with Gasteiger partial charge >= 0.3 is 6.18 Å². The Morgan fingerprint density at radius 3 is 2.43 bits per heavy atom. The lowest BCUT2D eigenvalue weighted by molar-refractivity contribution is -0.181. The van der Waals surface area contributed by atoms with Gasteiger partial charge in [0.2, 0.25) is 0 Å². The summed E-state index contributed by atoms with van der Waals surface area (Å²) in [5, 5.41) is 3.25. The lowest BCUT2D eigenvalue weighted by Gasteiger charge is -2.39. The summed E-state index contributed by atoms with van der Waals surface area (Å²) >= 11 is 0. The number of guanidine groups is 1. The molecule has 1 unspecified atom stereocenters. The Labute approximate surface area is 192 Å². The molecule has 2 aliphatic rings. The minimum Gasteiger partial charge on any atom is -0.490 e. The van der Waals surface area contributed by atoms with Crippen LogP contribution in [0.5, 0.6) is 11.5 Å². The van der Waals surface area contributed by atoms with Crippen LogP contribution in [-0.4, -0.2) is 73.9 Å². The van der Waals surface area contributed by atoms with Crippen molar-refractivity contribution < 1.29 is 22.6 Å². The van der Waals surface area contributed by atoms with Gasteiger partial charge in [0, 0.05) is 39.1 Å². The van der Waals surface area contributed by atoms with Crippen LogP contribution in [0, 0.1) is 0 Å². The first-order valence-electron chi connectivity index (χ1n) is 10.1. The van der Waals surface area contributed by atoms with Crippen molar-refractivity contribution in [1.82, 2.24) is 15.1 Å².